The fourth-order valence-electron chi connectivity index (χ4n) is 2.19. The van der Waals surface area contributed by atoms with Crippen molar-refractivity contribution in [1.29, 1.82) is 0 Å². The molecule has 0 amide bonds. The maximum atomic E-state index is 11.4. The number of ether oxygens (including phenoxy) is 1. The number of hydrogen-bond donors (Lipinski definition) is 1. The smallest absolute Gasteiger partial charge is 0.356 e. The standard InChI is InChI=1S/C13H18N2O3/c1-18-13(17)12-6-2-4-10(14-12)8-15-7-3-5-11(16)9-15/h2,4,6,11,16H,3,5,7-9H2,1H3. The second kappa shape index (κ2) is 5.93. The number of pyridine rings is 1. The summed E-state index contributed by atoms with van der Waals surface area (Å²) in [6, 6.07) is 5.32. The summed E-state index contributed by atoms with van der Waals surface area (Å²) >= 11 is 0. The van der Waals surface area contributed by atoms with Crippen LogP contribution < -0.4 is 0 Å². The van der Waals surface area contributed by atoms with Gasteiger partial charge in [-0.15, -0.1) is 0 Å². The fourth-order valence-corrected chi connectivity index (χ4v) is 2.19. The molecule has 98 valence electrons. The van der Waals surface area contributed by atoms with E-state index in [2.05, 4.69) is 14.6 Å². The predicted octanol–water partition coefficient (Wildman–Crippen LogP) is 0.825. The molecular weight excluding hydrogens is 232 g/mol. The molecule has 1 aliphatic rings. The van der Waals surface area contributed by atoms with Crippen LogP contribution in [0.15, 0.2) is 18.2 Å². The summed E-state index contributed by atoms with van der Waals surface area (Å²) in [5, 5.41) is 9.60. The Labute approximate surface area is 106 Å². The number of esters is 1. The van der Waals surface area contributed by atoms with Crippen LogP contribution >= 0.6 is 0 Å². The van der Waals surface area contributed by atoms with Crippen molar-refractivity contribution in [3.05, 3.63) is 29.6 Å². The largest absolute Gasteiger partial charge is 0.464 e. The predicted molar refractivity (Wildman–Crippen MR) is 66.1 cm³/mol. The van der Waals surface area contributed by atoms with E-state index < -0.39 is 5.97 Å². The lowest BCUT2D eigenvalue weighted by Crippen LogP contribution is -2.37. The molecule has 0 bridgehead atoms. The normalized spacial score (nSPS) is 20.7. The van der Waals surface area contributed by atoms with Crippen molar-refractivity contribution in [2.75, 3.05) is 20.2 Å². The Bertz CT molecular complexity index is 422. The second-order valence-corrected chi connectivity index (χ2v) is 4.54. The zero-order valence-corrected chi connectivity index (χ0v) is 10.5. The van der Waals surface area contributed by atoms with E-state index in [-0.39, 0.29) is 6.10 Å². The molecule has 5 nitrogen and oxygen atoms in total. The van der Waals surface area contributed by atoms with Gasteiger partial charge in [-0.2, -0.15) is 0 Å². The van der Waals surface area contributed by atoms with Crippen molar-refractivity contribution in [1.82, 2.24) is 9.88 Å². The van der Waals surface area contributed by atoms with Gasteiger partial charge in [0.25, 0.3) is 0 Å². The summed E-state index contributed by atoms with van der Waals surface area (Å²) in [4.78, 5) is 17.8. The molecule has 1 unspecified atom stereocenters. The number of aliphatic hydroxyl groups is 1. The van der Waals surface area contributed by atoms with Gasteiger partial charge in [0.1, 0.15) is 5.69 Å². The Balaban J connectivity index is 2.02. The number of carbonyl (C=O) groups excluding carboxylic acids is 1. The van der Waals surface area contributed by atoms with Crippen LogP contribution in [0.5, 0.6) is 0 Å². The maximum absolute atomic E-state index is 11.4. The summed E-state index contributed by atoms with van der Waals surface area (Å²) in [5.41, 5.74) is 1.15. The molecule has 18 heavy (non-hydrogen) atoms. The molecule has 1 atom stereocenters. The molecule has 1 saturated heterocycles. The van der Waals surface area contributed by atoms with Crippen molar-refractivity contribution < 1.29 is 14.6 Å². The highest BCUT2D eigenvalue weighted by Gasteiger charge is 2.18. The number of carbonyl (C=O) groups is 1. The first-order valence-corrected chi connectivity index (χ1v) is 6.13. The van der Waals surface area contributed by atoms with Gasteiger partial charge in [-0.25, -0.2) is 9.78 Å². The average Bonchev–Trinajstić information content (AvgIpc) is 2.38. The summed E-state index contributed by atoms with van der Waals surface area (Å²) in [7, 11) is 1.34. The summed E-state index contributed by atoms with van der Waals surface area (Å²) < 4.78 is 4.64. The Hall–Kier alpha value is -1.46. The number of aliphatic hydroxyl groups excluding tert-OH is 1. The highest BCUT2D eigenvalue weighted by molar-refractivity contribution is 5.87. The first-order chi connectivity index (χ1) is 8.69. The Morgan fingerprint density at radius 2 is 2.44 bits per heavy atom. The third kappa shape index (κ3) is 3.27. The molecule has 1 N–H and O–H groups in total. The molecule has 0 aliphatic carbocycles. The molecule has 1 aromatic rings. The molecule has 2 heterocycles. The van der Waals surface area contributed by atoms with Crippen LogP contribution in [-0.2, 0) is 11.3 Å². The minimum atomic E-state index is -0.421. The van der Waals surface area contributed by atoms with Crippen LogP contribution in [0, 0.1) is 0 Å². The molecule has 0 saturated carbocycles. The SMILES string of the molecule is COC(=O)c1cccc(CN2CCCC(O)C2)n1. The van der Waals surface area contributed by atoms with Crippen LogP contribution in [0.25, 0.3) is 0 Å². The van der Waals surface area contributed by atoms with Gasteiger partial charge in [0.15, 0.2) is 0 Å². The number of nitrogens with zero attached hydrogens (tertiary/aromatic N) is 2. The highest BCUT2D eigenvalue weighted by atomic mass is 16.5. The van der Waals surface area contributed by atoms with E-state index >= 15 is 0 Å². The quantitative estimate of drug-likeness (QED) is 0.805. The van der Waals surface area contributed by atoms with Gasteiger partial charge in [-0.3, -0.25) is 4.90 Å². The van der Waals surface area contributed by atoms with Crippen molar-refractivity contribution in [2.45, 2.75) is 25.5 Å². The number of methoxy groups -OCH3 is 1. The lowest BCUT2D eigenvalue weighted by Gasteiger charge is -2.29. The third-order valence-corrected chi connectivity index (χ3v) is 3.07. The Kier molecular flexibility index (Phi) is 4.28. The third-order valence-electron chi connectivity index (χ3n) is 3.07. The van der Waals surface area contributed by atoms with Gasteiger partial charge in [0, 0.05) is 13.1 Å². The number of β-amino-alcohol motifs (C(OH)–C–C–N with tert-alkyl or cyclic N) is 1. The zero-order chi connectivity index (χ0) is 13.0. The molecule has 1 aliphatic heterocycles. The van der Waals surface area contributed by atoms with E-state index in [0.717, 1.165) is 25.1 Å². The van der Waals surface area contributed by atoms with Gasteiger partial charge in [-0.05, 0) is 31.5 Å². The number of aromatic nitrogens is 1. The van der Waals surface area contributed by atoms with E-state index in [1.807, 2.05) is 6.07 Å². The molecule has 2 rings (SSSR count). The topological polar surface area (TPSA) is 62.7 Å². The average molecular weight is 250 g/mol. The molecule has 0 radical (unpaired) electrons. The Morgan fingerprint density at radius 3 is 3.17 bits per heavy atom. The van der Waals surface area contributed by atoms with Crippen LogP contribution in [0.3, 0.4) is 0 Å². The summed E-state index contributed by atoms with van der Waals surface area (Å²) in [5.74, 6) is -0.421. The number of piperidine rings is 1. The van der Waals surface area contributed by atoms with Gasteiger partial charge in [0.2, 0.25) is 0 Å². The minimum Gasteiger partial charge on any atom is -0.464 e. The number of rotatable bonds is 3. The van der Waals surface area contributed by atoms with E-state index in [0.29, 0.717) is 18.8 Å². The molecule has 0 spiro atoms. The van der Waals surface area contributed by atoms with Crippen LogP contribution in [0.2, 0.25) is 0 Å². The molecule has 5 heteroatoms. The Morgan fingerprint density at radius 1 is 1.61 bits per heavy atom. The first kappa shape index (κ1) is 13.0. The van der Waals surface area contributed by atoms with E-state index in [9.17, 15) is 9.90 Å². The minimum absolute atomic E-state index is 0.248. The van der Waals surface area contributed by atoms with E-state index in [1.165, 1.54) is 7.11 Å². The molecule has 1 fully saturated rings. The lowest BCUT2D eigenvalue weighted by molar-refractivity contribution is 0.0587. The lowest BCUT2D eigenvalue weighted by atomic mass is 10.1. The summed E-state index contributed by atoms with van der Waals surface area (Å²) in [6.45, 7) is 2.28. The molecule has 1 aromatic heterocycles. The van der Waals surface area contributed by atoms with Crippen molar-refractivity contribution in [2.24, 2.45) is 0 Å². The monoisotopic (exact) mass is 250 g/mol. The first-order valence-electron chi connectivity index (χ1n) is 6.13. The summed E-state index contributed by atoms with van der Waals surface area (Å²) in [6.07, 6.45) is 1.62. The maximum Gasteiger partial charge on any atom is 0.356 e. The van der Waals surface area contributed by atoms with Crippen LogP contribution in [-0.4, -0.2) is 47.3 Å². The van der Waals surface area contributed by atoms with Crippen molar-refractivity contribution in [3.8, 4) is 0 Å². The van der Waals surface area contributed by atoms with E-state index in [1.54, 1.807) is 12.1 Å². The highest BCUT2D eigenvalue weighted by Crippen LogP contribution is 2.13. The van der Waals surface area contributed by atoms with Gasteiger partial charge >= 0.3 is 5.97 Å². The zero-order valence-electron chi connectivity index (χ0n) is 10.5. The van der Waals surface area contributed by atoms with Gasteiger partial charge < -0.3 is 9.84 Å². The van der Waals surface area contributed by atoms with Crippen molar-refractivity contribution in [3.63, 3.8) is 0 Å². The van der Waals surface area contributed by atoms with E-state index in [4.69, 9.17) is 0 Å². The molecule has 0 aromatic carbocycles. The molecular formula is C13H18N2O3. The number of hydrogen-bond acceptors (Lipinski definition) is 5. The number of likely N-dealkylation sites (tertiary alicyclic amines) is 1. The van der Waals surface area contributed by atoms with Crippen LogP contribution in [0.4, 0.5) is 0 Å². The second-order valence-electron chi connectivity index (χ2n) is 4.54. The van der Waals surface area contributed by atoms with Crippen LogP contribution in [0.1, 0.15) is 29.0 Å². The van der Waals surface area contributed by atoms with Gasteiger partial charge in [0.05, 0.1) is 18.9 Å². The van der Waals surface area contributed by atoms with Crippen molar-refractivity contribution >= 4 is 5.97 Å². The fraction of sp³-hybridized carbons (Fsp3) is 0.538. The van der Waals surface area contributed by atoms with Gasteiger partial charge in [-0.1, -0.05) is 6.07 Å².